The second kappa shape index (κ2) is 9.93. The lowest BCUT2D eigenvalue weighted by atomic mass is 9.94. The van der Waals surface area contributed by atoms with Crippen molar-refractivity contribution in [1.29, 1.82) is 0 Å². The Labute approximate surface area is 197 Å². The van der Waals surface area contributed by atoms with Gasteiger partial charge < -0.3 is 20.1 Å². The largest absolute Gasteiger partial charge is 0.328 e. The van der Waals surface area contributed by atoms with Crippen LogP contribution in [0.2, 0.25) is 5.02 Å². The molecular weight excluding hydrogens is 443 g/mol. The van der Waals surface area contributed by atoms with Crippen molar-refractivity contribution < 1.29 is 9.18 Å². The Morgan fingerprint density at radius 2 is 1.94 bits per heavy atom. The van der Waals surface area contributed by atoms with Crippen molar-refractivity contribution in [3.8, 4) is 0 Å². The molecule has 2 N–H and O–H groups in total. The van der Waals surface area contributed by atoms with Crippen molar-refractivity contribution in [1.82, 2.24) is 14.8 Å². The third-order valence-electron chi connectivity index (χ3n) is 6.48. The third kappa shape index (κ3) is 5.20. The zero-order valence-corrected chi connectivity index (χ0v) is 19.5. The van der Waals surface area contributed by atoms with Crippen LogP contribution in [-0.2, 0) is 0 Å². The number of urea groups is 1. The van der Waals surface area contributed by atoms with Gasteiger partial charge in [0.1, 0.15) is 5.82 Å². The van der Waals surface area contributed by atoms with E-state index in [4.69, 9.17) is 11.6 Å². The van der Waals surface area contributed by atoms with Crippen molar-refractivity contribution in [2.75, 3.05) is 32.0 Å². The highest BCUT2D eigenvalue weighted by atomic mass is 35.5. The predicted molar refractivity (Wildman–Crippen MR) is 130 cm³/mol. The number of aromatic amines is 1. The summed E-state index contributed by atoms with van der Waals surface area (Å²) in [6, 6.07) is 10.9. The summed E-state index contributed by atoms with van der Waals surface area (Å²) in [5.74, 6) is -0.175. The molecule has 0 saturated carbocycles. The summed E-state index contributed by atoms with van der Waals surface area (Å²) >= 11 is 5.91. The fraction of sp³-hybridized carbons (Fsp3) is 0.360. The number of anilines is 1. The summed E-state index contributed by atoms with van der Waals surface area (Å²) in [6.07, 6.45) is 3.70. The monoisotopic (exact) mass is 470 g/mol. The van der Waals surface area contributed by atoms with Gasteiger partial charge in [-0.1, -0.05) is 29.8 Å². The van der Waals surface area contributed by atoms with Crippen LogP contribution in [0.25, 0.3) is 10.8 Å². The predicted octanol–water partition coefficient (Wildman–Crippen LogP) is 5.26. The lowest BCUT2D eigenvalue weighted by Gasteiger charge is -2.36. The van der Waals surface area contributed by atoms with E-state index < -0.39 is 5.82 Å². The molecule has 1 fully saturated rings. The molecule has 0 spiro atoms. The first kappa shape index (κ1) is 23.3. The van der Waals surface area contributed by atoms with E-state index in [1.807, 2.05) is 25.1 Å². The van der Waals surface area contributed by atoms with E-state index >= 15 is 0 Å². The number of likely N-dealkylation sites (tertiary alicyclic amines) is 1. The van der Waals surface area contributed by atoms with Crippen molar-refractivity contribution in [2.24, 2.45) is 5.92 Å². The van der Waals surface area contributed by atoms with E-state index in [2.05, 4.69) is 22.2 Å². The van der Waals surface area contributed by atoms with Crippen molar-refractivity contribution >= 4 is 34.1 Å². The average Bonchev–Trinajstić information content (AvgIpc) is 2.81. The second-order valence-electron chi connectivity index (χ2n) is 8.75. The number of carbonyl (C=O) groups is 1. The number of halogens is 2. The van der Waals surface area contributed by atoms with Crippen LogP contribution in [0, 0.1) is 11.7 Å². The molecule has 0 unspecified atom stereocenters. The van der Waals surface area contributed by atoms with Crippen LogP contribution in [0.3, 0.4) is 0 Å². The molecule has 8 heteroatoms. The Bertz CT molecular complexity index is 1210. The molecule has 3 aromatic rings. The number of aromatic nitrogens is 1. The van der Waals surface area contributed by atoms with Crippen LogP contribution in [0.5, 0.6) is 0 Å². The smallest absolute Gasteiger partial charge is 0.322 e. The number of nitrogens with one attached hydrogen (secondary N) is 2. The lowest BCUT2D eigenvalue weighted by Crippen LogP contribution is -2.43. The number of amides is 2. The summed E-state index contributed by atoms with van der Waals surface area (Å²) in [7, 11) is 2.11. The average molecular weight is 471 g/mol. The molecule has 4 rings (SSSR count). The normalized spacial score (nSPS) is 16.0. The van der Waals surface area contributed by atoms with E-state index in [-0.39, 0.29) is 22.7 Å². The number of H-pyrrole nitrogens is 1. The van der Waals surface area contributed by atoms with Crippen molar-refractivity contribution in [2.45, 2.75) is 25.8 Å². The van der Waals surface area contributed by atoms with E-state index in [1.54, 1.807) is 17.2 Å². The Kier molecular flexibility index (Phi) is 7.00. The summed E-state index contributed by atoms with van der Waals surface area (Å²) in [5, 5.41) is 4.23. The number of hydrogen-bond donors (Lipinski definition) is 2. The molecule has 1 saturated heterocycles. The number of nitrogens with zero attached hydrogens (tertiary/aromatic N) is 2. The number of carbonyl (C=O) groups excluding carboxylic acids is 1. The van der Waals surface area contributed by atoms with E-state index in [0.29, 0.717) is 23.5 Å². The van der Waals surface area contributed by atoms with Crippen LogP contribution in [0.4, 0.5) is 14.9 Å². The molecule has 2 aromatic carbocycles. The maximum absolute atomic E-state index is 13.6. The molecular formula is C25H28ClFN4O2. The molecule has 2 amide bonds. The maximum atomic E-state index is 13.6. The van der Waals surface area contributed by atoms with Gasteiger partial charge in [0, 0.05) is 23.8 Å². The maximum Gasteiger partial charge on any atom is 0.322 e. The third-order valence-corrected chi connectivity index (χ3v) is 6.77. The van der Waals surface area contributed by atoms with Crippen LogP contribution in [-0.4, -0.2) is 47.5 Å². The number of piperidine rings is 1. The van der Waals surface area contributed by atoms with E-state index in [1.165, 1.54) is 18.2 Å². The first-order chi connectivity index (χ1) is 15.8. The van der Waals surface area contributed by atoms with Gasteiger partial charge in [0.2, 0.25) is 0 Å². The zero-order valence-electron chi connectivity index (χ0n) is 18.8. The van der Waals surface area contributed by atoms with Gasteiger partial charge in [-0.25, -0.2) is 9.18 Å². The zero-order chi connectivity index (χ0) is 23.5. The highest BCUT2D eigenvalue weighted by Crippen LogP contribution is 2.29. The number of rotatable bonds is 5. The minimum Gasteiger partial charge on any atom is -0.328 e. The van der Waals surface area contributed by atoms with Crippen molar-refractivity contribution in [3.63, 3.8) is 0 Å². The van der Waals surface area contributed by atoms with Gasteiger partial charge in [-0.05, 0) is 81.0 Å². The van der Waals surface area contributed by atoms with Gasteiger partial charge in [0.05, 0.1) is 11.1 Å². The van der Waals surface area contributed by atoms with Gasteiger partial charge in [-0.3, -0.25) is 4.79 Å². The number of fused-ring (bicyclic) bond motifs is 1. The first-order valence-electron chi connectivity index (χ1n) is 11.1. The summed E-state index contributed by atoms with van der Waals surface area (Å²) in [6.45, 7) is 4.52. The molecule has 33 heavy (non-hydrogen) atoms. The molecule has 1 aliphatic heterocycles. The van der Waals surface area contributed by atoms with Crippen LogP contribution in [0.15, 0.2) is 53.5 Å². The second-order valence-corrected chi connectivity index (χ2v) is 9.16. The Hall–Kier alpha value is -2.90. The lowest BCUT2D eigenvalue weighted by molar-refractivity contribution is 0.148. The molecule has 174 valence electrons. The number of pyridine rings is 1. The van der Waals surface area contributed by atoms with Crippen LogP contribution >= 0.6 is 11.6 Å². The molecule has 1 aliphatic rings. The molecule has 0 radical (unpaired) electrons. The SMILES string of the molecule is C[C@@H](c1c[nH]c(=O)c2ccccc12)N(CC1CCN(C)CC1)C(=O)Nc1ccc(F)c(Cl)c1. The minimum absolute atomic E-state index is 0.0469. The van der Waals surface area contributed by atoms with E-state index in [9.17, 15) is 14.0 Å². The quantitative estimate of drug-likeness (QED) is 0.534. The molecule has 1 atom stereocenters. The standard InChI is InChI=1S/C25H28ClFN4O2/c1-16(21-14-28-24(32)20-6-4-3-5-19(20)21)31(15-17-9-11-30(2)12-10-17)25(33)29-18-7-8-23(27)22(26)13-18/h3-8,13-14,16-17H,9-12,15H2,1-2H3,(H,28,32)(H,29,33)/t16-/m0/s1. The Balaban J connectivity index is 1.66. The van der Waals surface area contributed by atoms with Gasteiger partial charge in [-0.15, -0.1) is 0 Å². The van der Waals surface area contributed by atoms with Crippen LogP contribution < -0.4 is 10.9 Å². The van der Waals surface area contributed by atoms with Crippen LogP contribution in [0.1, 0.15) is 31.4 Å². The minimum atomic E-state index is -0.536. The first-order valence-corrected chi connectivity index (χ1v) is 11.5. The molecule has 6 nitrogen and oxygen atoms in total. The molecule has 0 aliphatic carbocycles. The number of benzene rings is 2. The molecule has 0 bridgehead atoms. The van der Waals surface area contributed by atoms with Gasteiger partial charge in [0.15, 0.2) is 0 Å². The van der Waals surface area contributed by atoms with Gasteiger partial charge in [-0.2, -0.15) is 0 Å². The fourth-order valence-electron chi connectivity index (χ4n) is 4.45. The summed E-state index contributed by atoms with van der Waals surface area (Å²) in [5.41, 5.74) is 1.14. The molecule has 1 aromatic heterocycles. The van der Waals surface area contributed by atoms with Gasteiger partial charge >= 0.3 is 6.03 Å². The highest BCUT2D eigenvalue weighted by Gasteiger charge is 2.28. The van der Waals surface area contributed by atoms with E-state index in [0.717, 1.165) is 36.9 Å². The summed E-state index contributed by atoms with van der Waals surface area (Å²) in [4.78, 5) is 32.7. The fourth-order valence-corrected chi connectivity index (χ4v) is 4.63. The molecule has 2 heterocycles. The van der Waals surface area contributed by atoms with Gasteiger partial charge in [0.25, 0.3) is 5.56 Å². The highest BCUT2D eigenvalue weighted by molar-refractivity contribution is 6.31. The summed E-state index contributed by atoms with van der Waals surface area (Å²) < 4.78 is 13.6. The Morgan fingerprint density at radius 3 is 2.64 bits per heavy atom. The Morgan fingerprint density at radius 1 is 1.24 bits per heavy atom. The number of hydrogen-bond acceptors (Lipinski definition) is 3. The van der Waals surface area contributed by atoms with Crippen molar-refractivity contribution in [3.05, 3.63) is 75.4 Å². The topological polar surface area (TPSA) is 68.4 Å².